The van der Waals surface area contributed by atoms with E-state index in [1.54, 1.807) is 0 Å². The predicted molar refractivity (Wildman–Crippen MR) is 80.9 cm³/mol. The highest BCUT2D eigenvalue weighted by Crippen LogP contribution is 2.46. The maximum Gasteiger partial charge on any atom is 0.231 e. The molecule has 0 saturated heterocycles. The van der Waals surface area contributed by atoms with Crippen LogP contribution in [-0.2, 0) is 0 Å². The third-order valence-electron chi connectivity index (χ3n) is 3.75. The van der Waals surface area contributed by atoms with Gasteiger partial charge < -0.3 is 28.5 Å². The molecule has 7 nitrogen and oxygen atoms in total. The number of hydrogen-bond acceptors (Lipinski definition) is 7. The standard InChI is InChI=1S/C16H12O7/c1-19-7-3-9(17)12-10(4-7)23-14-8(13(12)18)5-11-15(16(14)20-2)22-6-21-11/h3-5,17H,6H2,1-2H3. The molecule has 0 amide bonds. The highest BCUT2D eigenvalue weighted by atomic mass is 16.7. The monoisotopic (exact) mass is 316 g/mol. The maximum atomic E-state index is 12.8. The molecule has 0 fully saturated rings. The van der Waals surface area contributed by atoms with Crippen LogP contribution in [0.2, 0.25) is 0 Å². The summed E-state index contributed by atoms with van der Waals surface area (Å²) in [5.41, 5.74) is 0.0245. The van der Waals surface area contributed by atoms with Crippen LogP contribution < -0.4 is 24.4 Å². The van der Waals surface area contributed by atoms with E-state index in [2.05, 4.69) is 0 Å². The van der Waals surface area contributed by atoms with Gasteiger partial charge in [0.15, 0.2) is 11.3 Å². The maximum absolute atomic E-state index is 12.8. The van der Waals surface area contributed by atoms with Crippen LogP contribution in [0, 0.1) is 0 Å². The van der Waals surface area contributed by atoms with Crippen molar-refractivity contribution in [2.75, 3.05) is 21.0 Å². The molecule has 0 saturated carbocycles. The normalized spacial score (nSPS) is 12.8. The number of benzene rings is 2. The van der Waals surface area contributed by atoms with Crippen LogP contribution in [0.25, 0.3) is 21.9 Å². The average molecular weight is 316 g/mol. The van der Waals surface area contributed by atoms with E-state index in [1.807, 2.05) is 0 Å². The highest BCUT2D eigenvalue weighted by Gasteiger charge is 2.26. The lowest BCUT2D eigenvalue weighted by Gasteiger charge is -2.10. The minimum atomic E-state index is -0.391. The van der Waals surface area contributed by atoms with Gasteiger partial charge in [-0.25, -0.2) is 0 Å². The van der Waals surface area contributed by atoms with Gasteiger partial charge in [0.25, 0.3) is 0 Å². The lowest BCUT2D eigenvalue weighted by atomic mass is 10.1. The molecule has 1 aromatic heterocycles. The van der Waals surface area contributed by atoms with Gasteiger partial charge >= 0.3 is 0 Å². The first-order chi connectivity index (χ1) is 11.1. The molecule has 0 unspecified atom stereocenters. The van der Waals surface area contributed by atoms with Crippen LogP contribution in [0.1, 0.15) is 0 Å². The number of fused-ring (bicyclic) bond motifs is 3. The van der Waals surface area contributed by atoms with Gasteiger partial charge in [-0.2, -0.15) is 0 Å². The fourth-order valence-electron chi connectivity index (χ4n) is 2.70. The van der Waals surface area contributed by atoms with Gasteiger partial charge in [-0.1, -0.05) is 0 Å². The van der Waals surface area contributed by atoms with Crippen molar-refractivity contribution in [3.63, 3.8) is 0 Å². The third-order valence-corrected chi connectivity index (χ3v) is 3.75. The van der Waals surface area contributed by atoms with Crippen LogP contribution in [-0.4, -0.2) is 26.1 Å². The van der Waals surface area contributed by atoms with E-state index in [9.17, 15) is 9.90 Å². The van der Waals surface area contributed by atoms with Crippen molar-refractivity contribution in [1.82, 2.24) is 0 Å². The number of ether oxygens (including phenoxy) is 4. The van der Waals surface area contributed by atoms with Gasteiger partial charge in [-0.15, -0.1) is 0 Å². The number of hydrogen-bond donors (Lipinski definition) is 1. The van der Waals surface area contributed by atoms with Gasteiger partial charge in [0.2, 0.25) is 23.7 Å². The van der Waals surface area contributed by atoms with Crippen molar-refractivity contribution in [2.45, 2.75) is 0 Å². The molecule has 2 aromatic carbocycles. The summed E-state index contributed by atoms with van der Waals surface area (Å²) >= 11 is 0. The Hall–Kier alpha value is -3.09. The molecule has 1 aliphatic rings. The Labute approximate surface area is 129 Å². The SMILES string of the molecule is COc1cc(O)c2c(=O)c3cc4c(c(OC)c3oc2c1)OCO4. The second-order valence-electron chi connectivity index (χ2n) is 4.97. The van der Waals surface area contributed by atoms with E-state index in [0.717, 1.165) is 0 Å². The van der Waals surface area contributed by atoms with Crippen molar-refractivity contribution in [3.8, 4) is 28.7 Å². The van der Waals surface area contributed by atoms with E-state index in [0.29, 0.717) is 17.2 Å². The molecule has 118 valence electrons. The second kappa shape index (κ2) is 4.70. The Kier molecular flexibility index (Phi) is 2.77. The summed E-state index contributed by atoms with van der Waals surface area (Å²) in [6, 6.07) is 4.41. The Balaban J connectivity index is 2.21. The fraction of sp³-hybridized carbons (Fsp3) is 0.188. The molecule has 0 spiro atoms. The average Bonchev–Trinajstić information content (AvgIpc) is 3.00. The number of phenolic OH excluding ortho intramolecular Hbond substituents is 1. The molecule has 3 aromatic rings. The summed E-state index contributed by atoms with van der Waals surface area (Å²) < 4.78 is 26.9. The first-order valence-corrected chi connectivity index (χ1v) is 6.78. The van der Waals surface area contributed by atoms with Crippen molar-refractivity contribution < 1.29 is 28.5 Å². The highest BCUT2D eigenvalue weighted by molar-refractivity contribution is 5.98. The lowest BCUT2D eigenvalue weighted by molar-refractivity contribution is 0.171. The van der Waals surface area contributed by atoms with Crippen molar-refractivity contribution >= 4 is 21.9 Å². The number of phenols is 1. The van der Waals surface area contributed by atoms with Crippen LogP contribution in [0.3, 0.4) is 0 Å². The smallest absolute Gasteiger partial charge is 0.231 e. The zero-order chi connectivity index (χ0) is 16.1. The summed E-state index contributed by atoms with van der Waals surface area (Å²) in [4.78, 5) is 12.8. The molecule has 0 bridgehead atoms. The van der Waals surface area contributed by atoms with Crippen molar-refractivity contribution in [2.24, 2.45) is 0 Å². The molecular weight excluding hydrogens is 304 g/mol. The first-order valence-electron chi connectivity index (χ1n) is 6.78. The Morgan fingerprint density at radius 1 is 1.13 bits per heavy atom. The van der Waals surface area contributed by atoms with E-state index >= 15 is 0 Å². The van der Waals surface area contributed by atoms with Gasteiger partial charge in [0.1, 0.15) is 22.5 Å². The van der Waals surface area contributed by atoms with Crippen LogP contribution in [0.5, 0.6) is 28.7 Å². The van der Waals surface area contributed by atoms with E-state index in [1.165, 1.54) is 32.4 Å². The molecule has 0 atom stereocenters. The summed E-state index contributed by atoms with van der Waals surface area (Å²) in [6.07, 6.45) is 0. The van der Waals surface area contributed by atoms with Gasteiger partial charge in [-0.05, 0) is 6.07 Å². The molecule has 4 rings (SSSR count). The summed E-state index contributed by atoms with van der Waals surface area (Å²) in [7, 11) is 2.91. The van der Waals surface area contributed by atoms with E-state index in [4.69, 9.17) is 23.4 Å². The van der Waals surface area contributed by atoms with Crippen LogP contribution in [0.4, 0.5) is 0 Å². The quantitative estimate of drug-likeness (QED) is 0.726. The van der Waals surface area contributed by atoms with Crippen LogP contribution in [0.15, 0.2) is 27.4 Å². The minimum absolute atomic E-state index is 0.0365. The van der Waals surface area contributed by atoms with Crippen molar-refractivity contribution in [3.05, 3.63) is 28.4 Å². The third kappa shape index (κ3) is 1.79. The number of rotatable bonds is 2. The second-order valence-corrected chi connectivity index (χ2v) is 4.97. The summed E-state index contributed by atoms with van der Waals surface area (Å²) in [5, 5.41) is 10.4. The molecule has 1 N–H and O–H groups in total. The minimum Gasteiger partial charge on any atom is -0.507 e. The van der Waals surface area contributed by atoms with Crippen molar-refractivity contribution in [1.29, 1.82) is 0 Å². The molecular formula is C16H12O7. The number of aromatic hydroxyl groups is 1. The van der Waals surface area contributed by atoms with E-state index in [-0.39, 0.29) is 40.2 Å². The Morgan fingerprint density at radius 2 is 1.96 bits per heavy atom. The number of methoxy groups -OCH3 is 2. The van der Waals surface area contributed by atoms with Gasteiger partial charge in [0, 0.05) is 12.1 Å². The Bertz CT molecular complexity index is 1000. The van der Waals surface area contributed by atoms with Gasteiger partial charge in [0.05, 0.1) is 19.6 Å². The molecule has 0 aliphatic carbocycles. The van der Waals surface area contributed by atoms with Gasteiger partial charge in [-0.3, -0.25) is 4.79 Å². The predicted octanol–water partition coefficient (Wildman–Crippen LogP) is 2.40. The van der Waals surface area contributed by atoms with Crippen LogP contribution >= 0.6 is 0 Å². The zero-order valence-electron chi connectivity index (χ0n) is 12.3. The summed E-state index contributed by atoms with van der Waals surface area (Å²) in [6.45, 7) is 0.0365. The first kappa shape index (κ1) is 13.6. The molecule has 23 heavy (non-hydrogen) atoms. The fourth-order valence-corrected chi connectivity index (χ4v) is 2.70. The lowest BCUT2D eigenvalue weighted by Crippen LogP contribution is -2.04. The topological polar surface area (TPSA) is 87.4 Å². The zero-order valence-corrected chi connectivity index (χ0v) is 12.3. The Morgan fingerprint density at radius 3 is 2.70 bits per heavy atom. The molecule has 7 heteroatoms. The summed E-state index contributed by atoms with van der Waals surface area (Å²) in [5.74, 6) is 1.21. The van der Waals surface area contributed by atoms with E-state index < -0.39 is 5.43 Å². The molecule has 1 aliphatic heterocycles. The molecule has 0 radical (unpaired) electrons. The largest absolute Gasteiger partial charge is 0.507 e. The molecule has 2 heterocycles.